The van der Waals surface area contributed by atoms with Crippen molar-refractivity contribution >= 4 is 21.8 Å². The van der Waals surface area contributed by atoms with E-state index in [1.807, 2.05) is 23.1 Å². The number of fused-ring (bicyclic) bond motifs is 1. The third-order valence-corrected chi connectivity index (χ3v) is 4.66. The van der Waals surface area contributed by atoms with Crippen molar-refractivity contribution in [2.45, 2.75) is 25.8 Å². The number of carbonyl (C=O) groups is 1. The van der Waals surface area contributed by atoms with Crippen molar-refractivity contribution in [3.63, 3.8) is 0 Å². The van der Waals surface area contributed by atoms with E-state index in [9.17, 15) is 4.79 Å². The lowest BCUT2D eigenvalue weighted by molar-refractivity contribution is 0.0446. The summed E-state index contributed by atoms with van der Waals surface area (Å²) in [5, 5.41) is 0. The molecule has 2 aliphatic heterocycles. The fourth-order valence-corrected chi connectivity index (χ4v) is 3.44. The van der Waals surface area contributed by atoms with Crippen LogP contribution in [-0.2, 0) is 0 Å². The molecule has 1 aromatic carbocycles. The average Bonchev–Trinajstić information content (AvgIpc) is 2.90. The molecular weight excluding hydrogens is 320 g/mol. The molecule has 4 nitrogen and oxygen atoms in total. The number of likely N-dealkylation sites (tertiary alicyclic amines) is 1. The van der Waals surface area contributed by atoms with Crippen LogP contribution < -0.4 is 4.74 Å². The number of carbonyl (C=O) groups excluding carboxylic acids is 1. The van der Waals surface area contributed by atoms with Gasteiger partial charge in [-0.25, -0.2) is 0 Å². The summed E-state index contributed by atoms with van der Waals surface area (Å²) in [5.74, 6) is 0.767. The third kappa shape index (κ3) is 2.56. The van der Waals surface area contributed by atoms with E-state index in [2.05, 4.69) is 27.8 Å². The second kappa shape index (κ2) is 5.74. The highest BCUT2D eigenvalue weighted by atomic mass is 79.9. The SMILES string of the molecule is CCN1CCC[C@H]1CN1COc2ccc(Br)cc2C1=O. The first kappa shape index (κ1) is 13.9. The molecule has 0 aromatic heterocycles. The lowest BCUT2D eigenvalue weighted by atomic mass is 10.1. The van der Waals surface area contributed by atoms with Gasteiger partial charge in [0, 0.05) is 17.1 Å². The van der Waals surface area contributed by atoms with Crippen molar-refractivity contribution < 1.29 is 9.53 Å². The lowest BCUT2D eigenvalue weighted by Gasteiger charge is -2.33. The van der Waals surface area contributed by atoms with E-state index in [1.165, 1.54) is 12.8 Å². The fourth-order valence-electron chi connectivity index (χ4n) is 3.08. The molecule has 0 spiro atoms. The maximum absolute atomic E-state index is 12.6. The standard InChI is InChI=1S/C15H19BrN2O2/c1-2-17-7-3-4-12(17)9-18-10-20-14-6-5-11(16)8-13(14)15(18)19/h5-6,8,12H,2-4,7,9-10H2,1H3/t12-/m0/s1. The van der Waals surface area contributed by atoms with Gasteiger partial charge >= 0.3 is 0 Å². The Morgan fingerprint density at radius 1 is 1.45 bits per heavy atom. The maximum Gasteiger partial charge on any atom is 0.260 e. The minimum Gasteiger partial charge on any atom is -0.472 e. The molecular formula is C15H19BrN2O2. The van der Waals surface area contributed by atoms with Gasteiger partial charge in [-0.1, -0.05) is 22.9 Å². The van der Waals surface area contributed by atoms with Crippen LogP contribution >= 0.6 is 15.9 Å². The van der Waals surface area contributed by atoms with Crippen molar-refractivity contribution in [1.29, 1.82) is 0 Å². The first-order chi connectivity index (χ1) is 9.69. The largest absolute Gasteiger partial charge is 0.472 e. The van der Waals surface area contributed by atoms with Crippen molar-refractivity contribution in [1.82, 2.24) is 9.80 Å². The highest BCUT2D eigenvalue weighted by Crippen LogP contribution is 2.29. The Kier molecular flexibility index (Phi) is 3.98. The zero-order chi connectivity index (χ0) is 14.1. The van der Waals surface area contributed by atoms with Gasteiger partial charge in [-0.15, -0.1) is 0 Å². The first-order valence-electron chi connectivity index (χ1n) is 7.14. The Balaban J connectivity index is 1.75. The van der Waals surface area contributed by atoms with Crippen LogP contribution in [0.1, 0.15) is 30.1 Å². The Morgan fingerprint density at radius 2 is 2.30 bits per heavy atom. The van der Waals surface area contributed by atoms with Crippen LogP contribution in [0.15, 0.2) is 22.7 Å². The summed E-state index contributed by atoms with van der Waals surface area (Å²) in [5.41, 5.74) is 0.659. The minimum atomic E-state index is 0.0792. The van der Waals surface area contributed by atoms with E-state index in [4.69, 9.17) is 4.74 Å². The van der Waals surface area contributed by atoms with Crippen LogP contribution in [0.25, 0.3) is 0 Å². The maximum atomic E-state index is 12.6. The van der Waals surface area contributed by atoms with Crippen molar-refractivity contribution in [2.24, 2.45) is 0 Å². The number of benzene rings is 1. The van der Waals surface area contributed by atoms with E-state index in [0.29, 0.717) is 24.1 Å². The molecule has 1 aromatic rings. The molecule has 0 aliphatic carbocycles. The van der Waals surface area contributed by atoms with Crippen LogP contribution in [0.4, 0.5) is 0 Å². The number of hydrogen-bond acceptors (Lipinski definition) is 3. The first-order valence-corrected chi connectivity index (χ1v) is 7.94. The van der Waals surface area contributed by atoms with Crippen LogP contribution in [0.5, 0.6) is 5.75 Å². The summed E-state index contributed by atoms with van der Waals surface area (Å²) in [7, 11) is 0. The molecule has 0 unspecified atom stereocenters. The smallest absolute Gasteiger partial charge is 0.260 e. The molecule has 0 radical (unpaired) electrons. The van der Waals surface area contributed by atoms with Crippen LogP contribution in [0.3, 0.4) is 0 Å². The lowest BCUT2D eigenvalue weighted by Crippen LogP contribution is -2.46. The summed E-state index contributed by atoms with van der Waals surface area (Å²) < 4.78 is 6.61. The molecule has 1 fully saturated rings. The fraction of sp³-hybridized carbons (Fsp3) is 0.533. The van der Waals surface area contributed by atoms with Gasteiger partial charge in [0.15, 0.2) is 6.73 Å². The Morgan fingerprint density at radius 3 is 3.10 bits per heavy atom. The van der Waals surface area contributed by atoms with Gasteiger partial charge < -0.3 is 9.64 Å². The van der Waals surface area contributed by atoms with Crippen LogP contribution in [0.2, 0.25) is 0 Å². The van der Waals surface area contributed by atoms with Crippen molar-refractivity contribution in [3.8, 4) is 5.75 Å². The molecule has 1 atom stereocenters. The Hall–Kier alpha value is -1.07. The zero-order valence-electron chi connectivity index (χ0n) is 11.6. The third-order valence-electron chi connectivity index (χ3n) is 4.17. The number of likely N-dealkylation sites (N-methyl/N-ethyl adjacent to an activating group) is 1. The van der Waals surface area contributed by atoms with Gasteiger partial charge in [-0.05, 0) is 44.1 Å². The number of hydrogen-bond donors (Lipinski definition) is 0. The molecule has 108 valence electrons. The molecule has 20 heavy (non-hydrogen) atoms. The summed E-state index contributed by atoms with van der Waals surface area (Å²) in [6.07, 6.45) is 2.40. The highest BCUT2D eigenvalue weighted by Gasteiger charge is 2.31. The number of nitrogens with zero attached hydrogens (tertiary/aromatic N) is 2. The normalized spacial score (nSPS) is 22.8. The van der Waals surface area contributed by atoms with E-state index < -0.39 is 0 Å². The number of rotatable bonds is 3. The predicted molar refractivity (Wildman–Crippen MR) is 80.9 cm³/mol. The zero-order valence-corrected chi connectivity index (χ0v) is 13.2. The summed E-state index contributed by atoms with van der Waals surface area (Å²) in [6.45, 7) is 5.50. The van der Waals surface area contributed by atoms with Crippen LogP contribution in [0, 0.1) is 0 Å². The Labute approximate surface area is 127 Å². The molecule has 0 N–H and O–H groups in total. The van der Waals surface area contributed by atoms with E-state index in [1.54, 1.807) is 0 Å². The second-order valence-electron chi connectivity index (χ2n) is 5.37. The van der Waals surface area contributed by atoms with E-state index >= 15 is 0 Å². The average molecular weight is 339 g/mol. The molecule has 2 heterocycles. The van der Waals surface area contributed by atoms with Crippen LogP contribution in [-0.4, -0.2) is 48.1 Å². The topological polar surface area (TPSA) is 32.8 Å². The summed E-state index contributed by atoms with van der Waals surface area (Å²) in [4.78, 5) is 16.8. The van der Waals surface area contributed by atoms with Gasteiger partial charge in [0.2, 0.25) is 0 Å². The van der Waals surface area contributed by atoms with Gasteiger partial charge in [-0.3, -0.25) is 9.69 Å². The molecule has 2 aliphatic rings. The van der Waals surface area contributed by atoms with Gasteiger partial charge in [-0.2, -0.15) is 0 Å². The quantitative estimate of drug-likeness (QED) is 0.849. The van der Waals surface area contributed by atoms with Gasteiger partial charge in [0.25, 0.3) is 5.91 Å². The number of ether oxygens (including phenoxy) is 1. The number of halogens is 1. The molecule has 3 rings (SSSR count). The van der Waals surface area contributed by atoms with Gasteiger partial charge in [0.05, 0.1) is 5.56 Å². The van der Waals surface area contributed by atoms with E-state index in [-0.39, 0.29) is 5.91 Å². The second-order valence-corrected chi connectivity index (χ2v) is 6.28. The van der Waals surface area contributed by atoms with Gasteiger partial charge in [0.1, 0.15) is 5.75 Å². The predicted octanol–water partition coefficient (Wildman–Crippen LogP) is 2.73. The monoisotopic (exact) mass is 338 g/mol. The molecule has 1 saturated heterocycles. The van der Waals surface area contributed by atoms with Crippen molar-refractivity contribution in [2.75, 3.05) is 26.4 Å². The molecule has 0 saturated carbocycles. The molecule has 1 amide bonds. The van der Waals surface area contributed by atoms with E-state index in [0.717, 1.165) is 24.1 Å². The Bertz CT molecular complexity index is 521. The molecule has 5 heteroatoms. The summed E-state index contributed by atoms with van der Waals surface area (Å²) in [6, 6.07) is 6.07. The number of amides is 1. The minimum absolute atomic E-state index is 0.0792. The summed E-state index contributed by atoms with van der Waals surface area (Å²) >= 11 is 3.41. The molecule has 0 bridgehead atoms. The van der Waals surface area contributed by atoms with Crippen molar-refractivity contribution in [3.05, 3.63) is 28.2 Å². The highest BCUT2D eigenvalue weighted by molar-refractivity contribution is 9.10.